The molecule has 0 unspecified atom stereocenters. The third-order valence-electron chi connectivity index (χ3n) is 2.91. The molecule has 0 aliphatic rings. The highest BCUT2D eigenvalue weighted by atomic mass is 32.1. The topological polar surface area (TPSA) is 39.8 Å². The van der Waals surface area contributed by atoms with Gasteiger partial charge in [-0.05, 0) is 31.5 Å². The molecule has 0 bridgehead atoms. The Hall–Kier alpha value is -1.88. The van der Waals surface area contributed by atoms with Crippen molar-refractivity contribution in [3.05, 3.63) is 51.6 Å². The van der Waals surface area contributed by atoms with Crippen LogP contribution in [0.3, 0.4) is 0 Å². The lowest BCUT2D eigenvalue weighted by Crippen LogP contribution is -2.25. The second-order valence-electron chi connectivity index (χ2n) is 3.92. The summed E-state index contributed by atoms with van der Waals surface area (Å²) in [7, 11) is 0. The normalized spacial score (nSPS) is 11.2. The number of aryl methyl sites for hydroxylation is 2. The minimum atomic E-state index is -0.0203. The van der Waals surface area contributed by atoms with E-state index in [0.29, 0.717) is 0 Å². The molecule has 0 amide bonds. The van der Waals surface area contributed by atoms with E-state index in [2.05, 4.69) is 4.98 Å². The number of thiophene rings is 1. The van der Waals surface area contributed by atoms with E-state index in [-0.39, 0.29) is 5.56 Å². The van der Waals surface area contributed by atoms with Gasteiger partial charge in [-0.1, -0.05) is 0 Å². The summed E-state index contributed by atoms with van der Waals surface area (Å²) in [5, 5.41) is 0.726. The Kier molecular flexibility index (Phi) is 2.16. The number of hydrogen-bond donors (Lipinski definition) is 0. The van der Waals surface area contributed by atoms with Gasteiger partial charge in [-0.15, -0.1) is 11.3 Å². The predicted octanol–water partition coefficient (Wildman–Crippen LogP) is 2.19. The van der Waals surface area contributed by atoms with E-state index in [1.165, 1.54) is 4.68 Å². The smallest absolute Gasteiger partial charge is 0.267 e. The summed E-state index contributed by atoms with van der Waals surface area (Å²) in [6.45, 7) is 3.98. The molecule has 0 N–H and O–H groups in total. The van der Waals surface area contributed by atoms with Crippen molar-refractivity contribution >= 4 is 21.6 Å². The van der Waals surface area contributed by atoms with Crippen LogP contribution in [0.5, 0.6) is 0 Å². The van der Waals surface area contributed by atoms with Gasteiger partial charge in [-0.25, -0.2) is 9.66 Å². The fourth-order valence-electron chi connectivity index (χ4n) is 1.86. The van der Waals surface area contributed by atoms with E-state index in [0.717, 1.165) is 20.7 Å². The molecule has 5 heteroatoms. The van der Waals surface area contributed by atoms with E-state index in [1.807, 2.05) is 38.4 Å². The number of aromatic nitrogens is 3. The van der Waals surface area contributed by atoms with Crippen LogP contribution in [0.4, 0.5) is 0 Å². The molecule has 0 aliphatic carbocycles. The molecule has 3 rings (SSSR count). The van der Waals surface area contributed by atoms with Crippen molar-refractivity contribution in [3.8, 4) is 0 Å². The fraction of sp³-hybridized carbons (Fsp3) is 0.167. The lowest BCUT2D eigenvalue weighted by Gasteiger charge is -2.05. The molecule has 0 saturated heterocycles. The Labute approximate surface area is 102 Å². The monoisotopic (exact) mass is 245 g/mol. The zero-order valence-corrected chi connectivity index (χ0v) is 10.4. The molecule has 17 heavy (non-hydrogen) atoms. The largest absolute Gasteiger partial charge is 0.281 e. The van der Waals surface area contributed by atoms with Crippen LogP contribution < -0.4 is 5.56 Å². The van der Waals surface area contributed by atoms with Gasteiger partial charge in [0.2, 0.25) is 0 Å². The van der Waals surface area contributed by atoms with Crippen LogP contribution in [-0.4, -0.2) is 14.3 Å². The van der Waals surface area contributed by atoms with E-state index >= 15 is 0 Å². The minimum Gasteiger partial charge on any atom is -0.267 e. The van der Waals surface area contributed by atoms with Gasteiger partial charge in [0.15, 0.2) is 0 Å². The van der Waals surface area contributed by atoms with Crippen molar-refractivity contribution in [1.29, 1.82) is 0 Å². The van der Waals surface area contributed by atoms with Crippen LogP contribution in [0.25, 0.3) is 10.2 Å². The molecular formula is C12H11N3OS. The van der Waals surface area contributed by atoms with Gasteiger partial charge in [0.25, 0.3) is 5.56 Å². The van der Waals surface area contributed by atoms with E-state index in [9.17, 15) is 4.79 Å². The molecule has 4 nitrogen and oxygen atoms in total. The van der Waals surface area contributed by atoms with E-state index < -0.39 is 0 Å². The highest BCUT2D eigenvalue weighted by molar-refractivity contribution is 7.18. The maximum atomic E-state index is 12.4. The van der Waals surface area contributed by atoms with Gasteiger partial charge in [0, 0.05) is 17.3 Å². The number of fused-ring (bicyclic) bond motifs is 1. The maximum Gasteiger partial charge on any atom is 0.281 e. The zero-order valence-electron chi connectivity index (χ0n) is 9.54. The van der Waals surface area contributed by atoms with Gasteiger partial charge in [-0.3, -0.25) is 9.47 Å². The van der Waals surface area contributed by atoms with Gasteiger partial charge >= 0.3 is 0 Å². The fourth-order valence-corrected chi connectivity index (χ4v) is 2.85. The zero-order chi connectivity index (χ0) is 12.0. The number of hydrogen-bond acceptors (Lipinski definition) is 3. The molecule has 3 aromatic rings. The first kappa shape index (κ1) is 10.3. The highest BCUT2D eigenvalue weighted by Crippen LogP contribution is 2.25. The third kappa shape index (κ3) is 1.43. The summed E-state index contributed by atoms with van der Waals surface area (Å²) in [4.78, 5) is 18.7. The Morgan fingerprint density at radius 1 is 1.24 bits per heavy atom. The standard InChI is InChI=1S/C12H11N3OS/c1-8-9(2)17-11-10(8)12(16)15(7-13-11)14-5-3-4-6-14/h3-7H,1-2H3. The third-order valence-corrected chi connectivity index (χ3v) is 4.03. The summed E-state index contributed by atoms with van der Waals surface area (Å²) in [5.74, 6) is 0. The summed E-state index contributed by atoms with van der Waals surface area (Å²) in [5.41, 5.74) is 1.01. The first-order valence-corrected chi connectivity index (χ1v) is 6.11. The Balaban J connectivity index is 2.41. The van der Waals surface area contributed by atoms with Crippen molar-refractivity contribution in [2.75, 3.05) is 0 Å². The van der Waals surface area contributed by atoms with E-state index in [1.54, 1.807) is 22.3 Å². The van der Waals surface area contributed by atoms with Crippen molar-refractivity contribution in [2.45, 2.75) is 13.8 Å². The van der Waals surface area contributed by atoms with Gasteiger partial charge < -0.3 is 0 Å². The van der Waals surface area contributed by atoms with Crippen molar-refractivity contribution in [3.63, 3.8) is 0 Å². The second kappa shape index (κ2) is 3.56. The molecule has 0 aliphatic heterocycles. The SMILES string of the molecule is Cc1sc2ncn(-n3cccc3)c(=O)c2c1C. The molecule has 0 radical (unpaired) electrons. The Bertz CT molecular complexity index is 737. The second-order valence-corrected chi connectivity index (χ2v) is 5.12. The highest BCUT2D eigenvalue weighted by Gasteiger charge is 2.12. The number of rotatable bonds is 1. The van der Waals surface area contributed by atoms with Crippen molar-refractivity contribution in [2.24, 2.45) is 0 Å². The summed E-state index contributed by atoms with van der Waals surface area (Å²) >= 11 is 1.57. The molecule has 0 saturated carbocycles. The molecule has 3 heterocycles. The van der Waals surface area contributed by atoms with Gasteiger partial charge in [0.05, 0.1) is 5.39 Å². The molecule has 86 valence electrons. The summed E-state index contributed by atoms with van der Waals surface area (Å²) in [6.07, 6.45) is 5.22. The van der Waals surface area contributed by atoms with Gasteiger partial charge in [0.1, 0.15) is 11.2 Å². The Morgan fingerprint density at radius 3 is 2.65 bits per heavy atom. The van der Waals surface area contributed by atoms with Crippen LogP contribution in [0, 0.1) is 13.8 Å². The maximum absolute atomic E-state index is 12.4. The summed E-state index contributed by atoms with van der Waals surface area (Å²) < 4.78 is 3.24. The van der Waals surface area contributed by atoms with Gasteiger partial charge in [-0.2, -0.15) is 0 Å². The minimum absolute atomic E-state index is 0.0203. The first-order valence-electron chi connectivity index (χ1n) is 5.29. The molecule has 0 atom stereocenters. The molecule has 3 aromatic heterocycles. The summed E-state index contributed by atoms with van der Waals surface area (Å²) in [6, 6.07) is 3.75. The van der Waals surface area contributed by atoms with E-state index in [4.69, 9.17) is 0 Å². The molecule has 0 fully saturated rings. The predicted molar refractivity (Wildman–Crippen MR) is 68.6 cm³/mol. The first-order chi connectivity index (χ1) is 8.18. The van der Waals surface area contributed by atoms with Crippen LogP contribution in [0.2, 0.25) is 0 Å². The number of nitrogens with zero attached hydrogens (tertiary/aromatic N) is 3. The van der Waals surface area contributed by atoms with Crippen molar-refractivity contribution in [1.82, 2.24) is 14.3 Å². The lowest BCUT2D eigenvalue weighted by atomic mass is 10.2. The quantitative estimate of drug-likeness (QED) is 0.659. The van der Waals surface area contributed by atoms with Crippen molar-refractivity contribution < 1.29 is 0 Å². The van der Waals surface area contributed by atoms with Crippen LogP contribution >= 0.6 is 11.3 Å². The Morgan fingerprint density at radius 2 is 1.94 bits per heavy atom. The lowest BCUT2D eigenvalue weighted by molar-refractivity contribution is 0.628. The van der Waals surface area contributed by atoms with Crippen LogP contribution in [0.15, 0.2) is 35.6 Å². The molecular weight excluding hydrogens is 234 g/mol. The molecule has 0 aromatic carbocycles. The average molecular weight is 245 g/mol. The molecule has 0 spiro atoms. The van der Waals surface area contributed by atoms with Crippen LogP contribution in [-0.2, 0) is 0 Å². The van der Waals surface area contributed by atoms with Crippen LogP contribution in [0.1, 0.15) is 10.4 Å². The average Bonchev–Trinajstić information content (AvgIpc) is 2.90.